The van der Waals surface area contributed by atoms with Crippen LogP contribution in [0.4, 0.5) is 0 Å². The van der Waals surface area contributed by atoms with Crippen LogP contribution in [0.1, 0.15) is 34.1 Å². The molecule has 15 heavy (non-hydrogen) atoms. The molecule has 1 aliphatic heterocycles. The molecular weight excluding hydrogens is 194 g/mol. The maximum absolute atomic E-state index is 11.6. The average Bonchev–Trinajstić information content (AvgIpc) is 2.47. The third kappa shape index (κ3) is 3.38. The van der Waals surface area contributed by atoms with Crippen LogP contribution in [-0.4, -0.2) is 23.4 Å². The molecule has 0 fully saturated rings. The van der Waals surface area contributed by atoms with Gasteiger partial charge in [0.1, 0.15) is 11.6 Å². The quantitative estimate of drug-likeness (QED) is 0.696. The number of esters is 1. The van der Waals surface area contributed by atoms with Crippen LogP contribution in [0.25, 0.3) is 0 Å². The second-order valence-corrected chi connectivity index (χ2v) is 4.68. The number of carbonyl (C=O) groups is 2. The van der Waals surface area contributed by atoms with Gasteiger partial charge < -0.3 is 10.1 Å². The average molecular weight is 211 g/mol. The summed E-state index contributed by atoms with van der Waals surface area (Å²) >= 11 is 0. The van der Waals surface area contributed by atoms with E-state index in [2.05, 4.69) is 5.32 Å². The molecule has 84 valence electrons. The number of hydrogen-bond donors (Lipinski definition) is 1. The molecule has 1 aliphatic rings. The molecule has 0 aromatic carbocycles. The first kappa shape index (κ1) is 11.8. The molecule has 0 aromatic heterocycles. The Balaban J connectivity index is 2.50. The molecule has 0 radical (unpaired) electrons. The van der Waals surface area contributed by atoms with Crippen LogP contribution in [0.15, 0.2) is 11.8 Å². The van der Waals surface area contributed by atoms with Gasteiger partial charge in [0.25, 0.3) is 0 Å². The Morgan fingerprint density at radius 2 is 2.07 bits per heavy atom. The summed E-state index contributed by atoms with van der Waals surface area (Å²) in [4.78, 5) is 22.6. The summed E-state index contributed by atoms with van der Waals surface area (Å²) < 4.78 is 5.20. The zero-order chi connectivity index (χ0) is 11.6. The fourth-order valence-corrected chi connectivity index (χ4v) is 1.31. The molecule has 1 heterocycles. The SMILES string of the molecule is CC(=O)C1=CNC(C(=O)OC(C)(C)C)C1. The maximum Gasteiger partial charge on any atom is 0.329 e. The predicted octanol–water partition coefficient (Wildman–Crippen LogP) is 1.16. The number of rotatable bonds is 2. The van der Waals surface area contributed by atoms with E-state index in [1.54, 1.807) is 6.20 Å². The topological polar surface area (TPSA) is 55.4 Å². The fraction of sp³-hybridized carbons (Fsp3) is 0.636. The van der Waals surface area contributed by atoms with Crippen molar-refractivity contribution in [2.45, 2.75) is 45.8 Å². The molecule has 0 aromatic rings. The van der Waals surface area contributed by atoms with E-state index in [0.717, 1.165) is 0 Å². The van der Waals surface area contributed by atoms with E-state index < -0.39 is 11.6 Å². The minimum absolute atomic E-state index is 0.00596. The highest BCUT2D eigenvalue weighted by Crippen LogP contribution is 2.17. The van der Waals surface area contributed by atoms with E-state index in [1.165, 1.54) is 6.92 Å². The van der Waals surface area contributed by atoms with E-state index in [9.17, 15) is 9.59 Å². The molecule has 0 bridgehead atoms. The summed E-state index contributed by atoms with van der Waals surface area (Å²) in [7, 11) is 0. The largest absolute Gasteiger partial charge is 0.458 e. The highest BCUT2D eigenvalue weighted by atomic mass is 16.6. The molecule has 1 atom stereocenters. The Kier molecular flexibility index (Phi) is 3.17. The van der Waals surface area contributed by atoms with E-state index >= 15 is 0 Å². The van der Waals surface area contributed by atoms with Gasteiger partial charge in [0.2, 0.25) is 0 Å². The fourth-order valence-electron chi connectivity index (χ4n) is 1.31. The molecule has 0 amide bonds. The van der Waals surface area contributed by atoms with Crippen molar-refractivity contribution in [1.29, 1.82) is 0 Å². The lowest BCUT2D eigenvalue weighted by molar-refractivity contribution is -0.156. The van der Waals surface area contributed by atoms with E-state index in [4.69, 9.17) is 4.74 Å². The molecule has 0 saturated heterocycles. The Morgan fingerprint density at radius 1 is 1.47 bits per heavy atom. The molecule has 0 saturated carbocycles. The second kappa shape index (κ2) is 4.04. The third-order valence-corrected chi connectivity index (χ3v) is 2.03. The summed E-state index contributed by atoms with van der Waals surface area (Å²) in [6.07, 6.45) is 2.02. The van der Waals surface area contributed by atoms with Gasteiger partial charge in [-0.05, 0) is 27.7 Å². The Hall–Kier alpha value is -1.32. The van der Waals surface area contributed by atoms with Crippen molar-refractivity contribution >= 4 is 11.8 Å². The van der Waals surface area contributed by atoms with E-state index in [1.807, 2.05) is 20.8 Å². The van der Waals surface area contributed by atoms with Crippen LogP contribution >= 0.6 is 0 Å². The highest BCUT2D eigenvalue weighted by molar-refractivity contribution is 5.95. The minimum atomic E-state index is -0.488. The lowest BCUT2D eigenvalue weighted by Crippen LogP contribution is -2.36. The first-order valence-corrected chi connectivity index (χ1v) is 4.98. The van der Waals surface area contributed by atoms with Crippen LogP contribution in [-0.2, 0) is 14.3 Å². The minimum Gasteiger partial charge on any atom is -0.458 e. The lowest BCUT2D eigenvalue weighted by Gasteiger charge is -2.22. The highest BCUT2D eigenvalue weighted by Gasteiger charge is 2.29. The number of ketones is 1. The summed E-state index contributed by atoms with van der Waals surface area (Å²) in [5, 5.41) is 2.85. The standard InChI is InChI=1S/C11H17NO3/c1-7(13)8-5-9(12-6-8)10(14)15-11(2,3)4/h6,9,12H,5H2,1-4H3. The van der Waals surface area contributed by atoms with Crippen LogP contribution in [0.3, 0.4) is 0 Å². The molecule has 1 N–H and O–H groups in total. The van der Waals surface area contributed by atoms with Crippen molar-refractivity contribution in [2.75, 3.05) is 0 Å². The lowest BCUT2D eigenvalue weighted by atomic mass is 10.1. The van der Waals surface area contributed by atoms with Gasteiger partial charge in [-0.2, -0.15) is 0 Å². The first-order chi connectivity index (χ1) is 6.79. The van der Waals surface area contributed by atoms with Crippen molar-refractivity contribution in [1.82, 2.24) is 5.32 Å². The summed E-state index contributed by atoms with van der Waals surface area (Å²) in [5.74, 6) is -0.316. The molecular formula is C11H17NO3. The van der Waals surface area contributed by atoms with Crippen molar-refractivity contribution in [3.05, 3.63) is 11.8 Å². The number of nitrogens with one attached hydrogen (secondary N) is 1. The van der Waals surface area contributed by atoms with Gasteiger partial charge in [-0.15, -0.1) is 0 Å². The summed E-state index contributed by atoms with van der Waals surface area (Å²) in [5.41, 5.74) is 0.156. The van der Waals surface area contributed by atoms with Crippen molar-refractivity contribution in [3.63, 3.8) is 0 Å². The molecule has 0 aliphatic carbocycles. The Morgan fingerprint density at radius 3 is 2.47 bits per heavy atom. The zero-order valence-electron chi connectivity index (χ0n) is 9.59. The van der Waals surface area contributed by atoms with Gasteiger partial charge in [0.15, 0.2) is 5.78 Å². The first-order valence-electron chi connectivity index (χ1n) is 4.98. The molecule has 4 nitrogen and oxygen atoms in total. The van der Waals surface area contributed by atoms with Gasteiger partial charge in [-0.3, -0.25) is 4.79 Å². The van der Waals surface area contributed by atoms with Gasteiger partial charge in [0.05, 0.1) is 0 Å². The smallest absolute Gasteiger partial charge is 0.329 e. The summed E-state index contributed by atoms with van der Waals surface area (Å²) in [6, 6.07) is -0.414. The maximum atomic E-state index is 11.6. The normalized spacial score (nSPS) is 20.5. The third-order valence-electron chi connectivity index (χ3n) is 2.03. The van der Waals surface area contributed by atoms with Crippen molar-refractivity contribution < 1.29 is 14.3 Å². The Bertz CT molecular complexity index is 312. The van der Waals surface area contributed by atoms with Crippen LogP contribution in [0.2, 0.25) is 0 Å². The second-order valence-electron chi connectivity index (χ2n) is 4.68. The van der Waals surface area contributed by atoms with Crippen molar-refractivity contribution in [2.24, 2.45) is 0 Å². The van der Waals surface area contributed by atoms with Crippen LogP contribution < -0.4 is 5.32 Å². The Labute approximate surface area is 89.7 Å². The summed E-state index contributed by atoms with van der Waals surface area (Å²) in [6.45, 7) is 6.95. The van der Waals surface area contributed by atoms with Gasteiger partial charge in [-0.25, -0.2) is 4.79 Å². The number of hydrogen-bond acceptors (Lipinski definition) is 4. The van der Waals surface area contributed by atoms with Crippen LogP contribution in [0.5, 0.6) is 0 Å². The monoisotopic (exact) mass is 211 g/mol. The van der Waals surface area contributed by atoms with Gasteiger partial charge in [-0.1, -0.05) is 0 Å². The van der Waals surface area contributed by atoms with E-state index in [0.29, 0.717) is 12.0 Å². The number of Topliss-reactive ketones (excluding diaryl/α,β-unsaturated/α-hetero) is 1. The molecule has 1 unspecified atom stereocenters. The molecule has 0 spiro atoms. The number of ether oxygens (including phenoxy) is 1. The van der Waals surface area contributed by atoms with E-state index in [-0.39, 0.29) is 11.8 Å². The van der Waals surface area contributed by atoms with Gasteiger partial charge in [0, 0.05) is 18.2 Å². The molecule has 1 rings (SSSR count). The molecule has 4 heteroatoms. The predicted molar refractivity (Wildman–Crippen MR) is 56.1 cm³/mol. The van der Waals surface area contributed by atoms with Gasteiger partial charge >= 0.3 is 5.97 Å². The zero-order valence-corrected chi connectivity index (χ0v) is 9.59. The van der Waals surface area contributed by atoms with Crippen molar-refractivity contribution in [3.8, 4) is 0 Å². The number of carbonyl (C=O) groups excluding carboxylic acids is 2. The van der Waals surface area contributed by atoms with Crippen LogP contribution in [0, 0.1) is 0 Å².